The Morgan fingerprint density at radius 3 is 2.80 bits per heavy atom. The number of carbonyl (C=O) groups excluding carboxylic acids is 1. The van der Waals surface area contributed by atoms with Crippen molar-refractivity contribution in [3.63, 3.8) is 0 Å². The van der Waals surface area contributed by atoms with Gasteiger partial charge in [-0.3, -0.25) is 9.78 Å². The van der Waals surface area contributed by atoms with E-state index in [0.717, 1.165) is 12.1 Å². The molecule has 1 aliphatic heterocycles. The number of carbonyl (C=O) groups is 1. The van der Waals surface area contributed by atoms with Crippen molar-refractivity contribution in [1.82, 2.24) is 20.1 Å². The molecular weight excluding hydrogens is 256 g/mol. The van der Waals surface area contributed by atoms with Crippen molar-refractivity contribution < 1.29 is 4.79 Å². The van der Waals surface area contributed by atoms with Gasteiger partial charge < -0.3 is 4.90 Å². The first kappa shape index (κ1) is 11.5. The molecule has 1 amide bonds. The summed E-state index contributed by atoms with van der Waals surface area (Å²) < 4.78 is 0. The summed E-state index contributed by atoms with van der Waals surface area (Å²) in [6.07, 6.45) is 1.18. The molecule has 0 bridgehead atoms. The minimum absolute atomic E-state index is 0.0947. The number of aromatic nitrogens is 3. The van der Waals surface area contributed by atoms with Crippen LogP contribution in [-0.2, 0) is 0 Å². The standard InChI is InChI=1S/C14H14N4O2/c19-13(12-15-14(20)17-16-12)18-7-9-6-10(9)11(18)8-4-2-1-3-5-8/h1-5,9-11H,6-7H2,(H2,15,16,17,20)/t9-,10-,11-/m0/s1. The molecule has 2 aliphatic rings. The Labute approximate surface area is 114 Å². The van der Waals surface area contributed by atoms with Gasteiger partial charge in [0.05, 0.1) is 6.04 Å². The fourth-order valence-corrected chi connectivity index (χ4v) is 3.26. The molecule has 0 unspecified atom stereocenters. The first-order chi connectivity index (χ1) is 9.74. The second-order valence-corrected chi connectivity index (χ2v) is 5.50. The lowest BCUT2D eigenvalue weighted by atomic mass is 10.0. The van der Waals surface area contributed by atoms with Gasteiger partial charge in [-0.2, -0.15) is 0 Å². The average molecular weight is 270 g/mol. The lowest BCUT2D eigenvalue weighted by molar-refractivity contribution is 0.0693. The lowest BCUT2D eigenvalue weighted by Gasteiger charge is -2.27. The molecule has 1 saturated heterocycles. The number of hydrogen-bond acceptors (Lipinski definition) is 3. The average Bonchev–Trinajstić information content (AvgIpc) is 2.93. The largest absolute Gasteiger partial charge is 0.341 e. The maximum atomic E-state index is 12.5. The summed E-state index contributed by atoms with van der Waals surface area (Å²) >= 11 is 0. The number of hydrogen-bond donors (Lipinski definition) is 2. The van der Waals surface area contributed by atoms with E-state index < -0.39 is 5.69 Å². The minimum atomic E-state index is -0.450. The number of aromatic amines is 2. The van der Waals surface area contributed by atoms with E-state index in [1.165, 1.54) is 6.42 Å². The predicted octanol–water partition coefficient (Wildman–Crippen LogP) is 0.931. The normalized spacial score (nSPS) is 27.4. The molecule has 20 heavy (non-hydrogen) atoms. The quantitative estimate of drug-likeness (QED) is 0.851. The van der Waals surface area contributed by atoms with E-state index in [2.05, 4.69) is 27.3 Å². The number of piperidine rings is 1. The number of fused-ring (bicyclic) bond motifs is 1. The van der Waals surface area contributed by atoms with Crippen molar-refractivity contribution in [3.8, 4) is 0 Å². The molecule has 4 rings (SSSR count). The third kappa shape index (κ3) is 1.68. The Morgan fingerprint density at radius 2 is 2.10 bits per heavy atom. The van der Waals surface area contributed by atoms with Crippen LogP contribution in [0.3, 0.4) is 0 Å². The highest BCUT2D eigenvalue weighted by atomic mass is 16.2. The highest BCUT2D eigenvalue weighted by Crippen LogP contribution is 2.56. The van der Waals surface area contributed by atoms with Gasteiger partial charge in [0.25, 0.3) is 5.91 Å². The molecule has 0 radical (unpaired) electrons. The molecule has 102 valence electrons. The van der Waals surface area contributed by atoms with Crippen molar-refractivity contribution >= 4 is 5.91 Å². The number of rotatable bonds is 2. The van der Waals surface area contributed by atoms with Gasteiger partial charge in [0.2, 0.25) is 5.82 Å². The van der Waals surface area contributed by atoms with Crippen molar-refractivity contribution in [1.29, 1.82) is 0 Å². The van der Waals surface area contributed by atoms with Crippen LogP contribution in [0.4, 0.5) is 0 Å². The van der Waals surface area contributed by atoms with E-state index in [1.807, 2.05) is 23.1 Å². The van der Waals surface area contributed by atoms with Crippen LogP contribution in [0, 0.1) is 11.8 Å². The van der Waals surface area contributed by atoms with Crippen LogP contribution in [0.2, 0.25) is 0 Å². The maximum Gasteiger partial charge on any atom is 0.341 e. The van der Waals surface area contributed by atoms with Crippen LogP contribution in [0.15, 0.2) is 35.1 Å². The zero-order valence-electron chi connectivity index (χ0n) is 10.7. The number of likely N-dealkylation sites (tertiary alicyclic amines) is 1. The molecule has 6 heteroatoms. The van der Waals surface area contributed by atoms with E-state index in [-0.39, 0.29) is 17.8 Å². The van der Waals surface area contributed by atoms with E-state index in [4.69, 9.17) is 0 Å². The van der Waals surface area contributed by atoms with Crippen LogP contribution in [-0.4, -0.2) is 32.5 Å². The molecule has 2 N–H and O–H groups in total. The molecule has 1 aliphatic carbocycles. The molecular formula is C14H14N4O2. The first-order valence-corrected chi connectivity index (χ1v) is 6.74. The molecule has 6 nitrogen and oxygen atoms in total. The molecule has 1 aromatic carbocycles. The van der Waals surface area contributed by atoms with Crippen LogP contribution in [0.25, 0.3) is 0 Å². The van der Waals surface area contributed by atoms with E-state index >= 15 is 0 Å². The molecule has 0 spiro atoms. The van der Waals surface area contributed by atoms with Crippen molar-refractivity contribution in [2.75, 3.05) is 6.54 Å². The van der Waals surface area contributed by atoms with Crippen molar-refractivity contribution in [3.05, 3.63) is 52.2 Å². The van der Waals surface area contributed by atoms with E-state index in [0.29, 0.717) is 11.8 Å². The topological polar surface area (TPSA) is 81.8 Å². The molecule has 2 heterocycles. The fourth-order valence-electron chi connectivity index (χ4n) is 3.26. The second-order valence-electron chi connectivity index (χ2n) is 5.50. The van der Waals surface area contributed by atoms with Crippen molar-refractivity contribution in [2.45, 2.75) is 12.5 Å². The summed E-state index contributed by atoms with van der Waals surface area (Å²) in [6.45, 7) is 0.748. The van der Waals surface area contributed by atoms with Crippen LogP contribution < -0.4 is 5.69 Å². The van der Waals surface area contributed by atoms with Gasteiger partial charge in [0.1, 0.15) is 0 Å². The van der Waals surface area contributed by atoms with Gasteiger partial charge in [-0.1, -0.05) is 30.3 Å². The molecule has 1 aromatic heterocycles. The van der Waals surface area contributed by atoms with Crippen LogP contribution >= 0.6 is 0 Å². The minimum Gasteiger partial charge on any atom is -0.328 e. The Kier molecular flexibility index (Phi) is 2.33. The molecule has 2 aromatic rings. The van der Waals surface area contributed by atoms with E-state index in [1.54, 1.807) is 0 Å². The molecule has 2 fully saturated rings. The van der Waals surface area contributed by atoms with Gasteiger partial charge in [0, 0.05) is 6.54 Å². The highest BCUT2D eigenvalue weighted by molar-refractivity contribution is 5.91. The number of nitrogens with zero attached hydrogens (tertiary/aromatic N) is 2. The van der Waals surface area contributed by atoms with Gasteiger partial charge in [0.15, 0.2) is 0 Å². The number of amides is 1. The summed E-state index contributed by atoms with van der Waals surface area (Å²) in [5, 5.41) is 5.99. The van der Waals surface area contributed by atoms with Gasteiger partial charge in [-0.25, -0.2) is 9.89 Å². The van der Waals surface area contributed by atoms with Crippen LogP contribution in [0.1, 0.15) is 28.6 Å². The lowest BCUT2D eigenvalue weighted by Crippen LogP contribution is -2.34. The smallest absolute Gasteiger partial charge is 0.328 e. The maximum absolute atomic E-state index is 12.5. The van der Waals surface area contributed by atoms with Crippen molar-refractivity contribution in [2.24, 2.45) is 11.8 Å². The summed E-state index contributed by atoms with van der Waals surface area (Å²) in [6, 6.07) is 10.2. The Bertz CT molecular complexity index is 705. The first-order valence-electron chi connectivity index (χ1n) is 6.74. The van der Waals surface area contributed by atoms with E-state index in [9.17, 15) is 9.59 Å². The second kappa shape index (κ2) is 4.06. The molecule has 3 atom stereocenters. The zero-order chi connectivity index (χ0) is 13.7. The Balaban J connectivity index is 1.67. The monoisotopic (exact) mass is 270 g/mol. The summed E-state index contributed by atoms with van der Waals surface area (Å²) in [7, 11) is 0. The third-order valence-corrected chi connectivity index (χ3v) is 4.26. The van der Waals surface area contributed by atoms with Crippen LogP contribution in [0.5, 0.6) is 0 Å². The number of H-pyrrole nitrogens is 2. The number of nitrogens with one attached hydrogen (secondary N) is 2. The van der Waals surface area contributed by atoms with Gasteiger partial charge in [-0.05, 0) is 23.8 Å². The third-order valence-electron chi connectivity index (χ3n) is 4.26. The SMILES string of the molecule is O=C(c1n[nH]c(=O)[nH]1)N1C[C@@H]2C[C@@H]2[C@@H]1c1ccccc1. The Hall–Kier alpha value is -2.37. The fraction of sp³-hybridized carbons (Fsp3) is 0.357. The van der Waals surface area contributed by atoms with Gasteiger partial charge in [-0.15, -0.1) is 5.10 Å². The highest BCUT2D eigenvalue weighted by Gasteiger charge is 2.54. The predicted molar refractivity (Wildman–Crippen MR) is 71.0 cm³/mol. The summed E-state index contributed by atoms with van der Waals surface area (Å²) in [4.78, 5) is 27.8. The summed E-state index contributed by atoms with van der Waals surface area (Å²) in [5.41, 5.74) is 0.706. The summed E-state index contributed by atoms with van der Waals surface area (Å²) in [5.74, 6) is 1.03. The number of benzene rings is 1. The Morgan fingerprint density at radius 1 is 1.30 bits per heavy atom. The van der Waals surface area contributed by atoms with Gasteiger partial charge >= 0.3 is 5.69 Å². The molecule has 1 saturated carbocycles. The zero-order valence-corrected chi connectivity index (χ0v) is 10.7.